The monoisotopic (exact) mass is 485 g/mol. The van der Waals surface area contributed by atoms with Crippen LogP contribution in [0.5, 0.6) is 17.4 Å². The minimum Gasteiger partial charge on any atom is -0.487 e. The summed E-state index contributed by atoms with van der Waals surface area (Å²) in [6, 6.07) is 21.0. The molecule has 3 heterocycles. The lowest BCUT2D eigenvalue weighted by atomic mass is 10.1. The Morgan fingerprint density at radius 3 is 2.47 bits per heavy atom. The van der Waals surface area contributed by atoms with Crippen molar-refractivity contribution in [1.82, 2.24) is 9.55 Å². The summed E-state index contributed by atoms with van der Waals surface area (Å²) in [5.41, 5.74) is 3.44. The number of hydrogen-bond donors (Lipinski definition) is 0. The number of para-hydroxylation sites is 1. The van der Waals surface area contributed by atoms with Crippen LogP contribution < -0.4 is 19.1 Å². The molecule has 0 aliphatic carbocycles. The van der Waals surface area contributed by atoms with Crippen LogP contribution in [0, 0.1) is 0 Å². The molecule has 1 fully saturated rings. The van der Waals surface area contributed by atoms with E-state index in [-0.39, 0.29) is 12.1 Å². The van der Waals surface area contributed by atoms with E-state index in [1.54, 1.807) is 25.4 Å². The largest absolute Gasteiger partial charge is 0.487 e. The number of anilines is 1. The van der Waals surface area contributed by atoms with Gasteiger partial charge < -0.3 is 28.4 Å². The summed E-state index contributed by atoms with van der Waals surface area (Å²) in [6.07, 6.45) is 5.73. The highest BCUT2D eigenvalue weighted by molar-refractivity contribution is 5.93. The van der Waals surface area contributed by atoms with Crippen molar-refractivity contribution < 1.29 is 23.7 Å². The Hall–Kier alpha value is -4.46. The van der Waals surface area contributed by atoms with Gasteiger partial charge in [0.2, 0.25) is 5.88 Å². The highest BCUT2D eigenvalue weighted by atomic mass is 16.5. The lowest BCUT2D eigenvalue weighted by molar-refractivity contribution is 0.0600. The molecule has 5 rings (SSSR count). The van der Waals surface area contributed by atoms with Crippen molar-refractivity contribution in [3.63, 3.8) is 0 Å². The Morgan fingerprint density at radius 2 is 1.75 bits per heavy atom. The number of carbonyl (C=O) groups excluding carboxylic acids is 1. The average molecular weight is 486 g/mol. The van der Waals surface area contributed by atoms with E-state index < -0.39 is 0 Å². The molecule has 0 saturated carbocycles. The summed E-state index contributed by atoms with van der Waals surface area (Å²) in [5.74, 6) is 1.72. The van der Waals surface area contributed by atoms with Gasteiger partial charge in [-0.2, -0.15) is 0 Å². The van der Waals surface area contributed by atoms with E-state index in [9.17, 15) is 4.79 Å². The third-order valence-corrected chi connectivity index (χ3v) is 6.03. The molecule has 4 aromatic rings. The summed E-state index contributed by atoms with van der Waals surface area (Å²) in [6.45, 7) is 2.03. The summed E-state index contributed by atoms with van der Waals surface area (Å²) in [4.78, 5) is 18.5. The highest BCUT2D eigenvalue weighted by Crippen LogP contribution is 2.27. The molecule has 0 bridgehead atoms. The van der Waals surface area contributed by atoms with E-state index in [1.807, 2.05) is 71.6 Å². The molecule has 1 aliphatic heterocycles. The molecule has 184 valence electrons. The zero-order valence-electron chi connectivity index (χ0n) is 20.2. The van der Waals surface area contributed by atoms with Gasteiger partial charge in [0.25, 0.3) is 0 Å². The van der Waals surface area contributed by atoms with E-state index in [1.165, 1.54) is 7.11 Å². The summed E-state index contributed by atoms with van der Waals surface area (Å²) >= 11 is 0. The first kappa shape index (κ1) is 23.3. The number of pyridine rings is 1. The molecule has 1 saturated heterocycles. The van der Waals surface area contributed by atoms with E-state index >= 15 is 0 Å². The van der Waals surface area contributed by atoms with Crippen LogP contribution in [0.25, 0.3) is 5.69 Å². The van der Waals surface area contributed by atoms with Gasteiger partial charge in [0.05, 0.1) is 50.4 Å². The van der Waals surface area contributed by atoms with Crippen LogP contribution in [0.1, 0.15) is 15.9 Å². The quantitative estimate of drug-likeness (QED) is 0.323. The van der Waals surface area contributed by atoms with Crippen molar-refractivity contribution in [2.24, 2.45) is 0 Å². The highest BCUT2D eigenvalue weighted by Gasteiger charge is 2.29. The third-order valence-electron chi connectivity index (χ3n) is 6.03. The standard InChI is InChI=1S/C28H27N3O5/c1-33-27-12-11-23(15-29-27)35-19-20-7-9-22(10-8-20)36-24-17-31(18-24)21-13-14-30(16-21)26-6-4-3-5-25(26)28(32)34-2/h3-16,24H,17-19H2,1-2H3. The molecule has 0 atom stereocenters. The third kappa shape index (κ3) is 5.12. The second kappa shape index (κ2) is 10.4. The van der Waals surface area contributed by atoms with Crippen molar-refractivity contribution in [1.29, 1.82) is 0 Å². The number of benzene rings is 2. The predicted molar refractivity (Wildman–Crippen MR) is 135 cm³/mol. The second-order valence-corrected chi connectivity index (χ2v) is 8.40. The molecule has 0 radical (unpaired) electrons. The van der Waals surface area contributed by atoms with Crippen LogP contribution in [-0.2, 0) is 11.3 Å². The van der Waals surface area contributed by atoms with E-state index in [0.29, 0.717) is 23.8 Å². The lowest BCUT2D eigenvalue weighted by Crippen LogP contribution is -2.53. The normalized spacial score (nSPS) is 13.1. The summed E-state index contributed by atoms with van der Waals surface area (Å²) in [7, 11) is 2.97. The Balaban J connectivity index is 1.12. The second-order valence-electron chi connectivity index (χ2n) is 8.40. The first-order chi connectivity index (χ1) is 17.6. The maximum Gasteiger partial charge on any atom is 0.339 e. The molecular weight excluding hydrogens is 458 g/mol. The number of nitrogens with zero attached hydrogens (tertiary/aromatic N) is 3. The van der Waals surface area contributed by atoms with Crippen LogP contribution in [0.4, 0.5) is 5.69 Å². The van der Waals surface area contributed by atoms with Gasteiger partial charge in [-0.25, -0.2) is 9.78 Å². The van der Waals surface area contributed by atoms with E-state index in [2.05, 4.69) is 9.88 Å². The van der Waals surface area contributed by atoms with E-state index in [4.69, 9.17) is 18.9 Å². The molecule has 8 heteroatoms. The van der Waals surface area contributed by atoms with Crippen molar-refractivity contribution in [3.8, 4) is 23.1 Å². The van der Waals surface area contributed by atoms with Gasteiger partial charge >= 0.3 is 5.97 Å². The number of esters is 1. The van der Waals surface area contributed by atoms with Crippen molar-refractivity contribution in [2.45, 2.75) is 12.7 Å². The Kier molecular flexibility index (Phi) is 6.75. The van der Waals surface area contributed by atoms with Gasteiger partial charge in [-0.3, -0.25) is 0 Å². The Bertz CT molecular complexity index is 1310. The maximum atomic E-state index is 12.1. The first-order valence-electron chi connectivity index (χ1n) is 11.6. The predicted octanol–water partition coefficient (Wildman–Crippen LogP) is 4.51. The number of carbonyl (C=O) groups is 1. The Labute approximate surface area is 209 Å². The minimum atomic E-state index is -0.353. The Morgan fingerprint density at radius 1 is 0.972 bits per heavy atom. The molecule has 0 amide bonds. The topological polar surface area (TPSA) is 75.1 Å². The summed E-state index contributed by atoms with van der Waals surface area (Å²) in [5, 5.41) is 0. The van der Waals surface area contributed by atoms with Crippen LogP contribution in [0.3, 0.4) is 0 Å². The number of methoxy groups -OCH3 is 2. The van der Waals surface area contributed by atoms with Gasteiger partial charge in [-0.1, -0.05) is 24.3 Å². The van der Waals surface area contributed by atoms with Crippen LogP contribution >= 0.6 is 0 Å². The first-order valence-corrected chi connectivity index (χ1v) is 11.6. The summed E-state index contributed by atoms with van der Waals surface area (Å²) < 4.78 is 23.8. The van der Waals surface area contributed by atoms with Gasteiger partial charge in [0.15, 0.2) is 0 Å². The zero-order valence-corrected chi connectivity index (χ0v) is 20.2. The van der Waals surface area contributed by atoms with Gasteiger partial charge in [-0.15, -0.1) is 0 Å². The molecular formula is C28H27N3O5. The number of ether oxygens (including phenoxy) is 4. The average Bonchev–Trinajstić information content (AvgIpc) is 3.39. The molecule has 36 heavy (non-hydrogen) atoms. The molecule has 0 N–H and O–H groups in total. The number of rotatable bonds is 9. The molecule has 1 aliphatic rings. The fourth-order valence-electron chi connectivity index (χ4n) is 4.02. The number of hydrogen-bond acceptors (Lipinski definition) is 7. The molecule has 2 aromatic carbocycles. The van der Waals surface area contributed by atoms with Crippen LogP contribution in [0.2, 0.25) is 0 Å². The molecule has 2 aromatic heterocycles. The minimum absolute atomic E-state index is 0.114. The molecule has 0 spiro atoms. The van der Waals surface area contributed by atoms with Crippen molar-refractivity contribution in [2.75, 3.05) is 32.2 Å². The molecule has 8 nitrogen and oxygen atoms in total. The maximum absolute atomic E-state index is 12.1. The van der Waals surface area contributed by atoms with Crippen molar-refractivity contribution >= 4 is 11.7 Å². The zero-order chi connectivity index (χ0) is 24.9. The van der Waals surface area contributed by atoms with Crippen LogP contribution in [0.15, 0.2) is 85.3 Å². The van der Waals surface area contributed by atoms with Crippen LogP contribution in [-0.4, -0.2) is 48.9 Å². The van der Waals surface area contributed by atoms with E-state index in [0.717, 1.165) is 35.8 Å². The lowest BCUT2D eigenvalue weighted by Gasteiger charge is -2.40. The van der Waals surface area contributed by atoms with Gasteiger partial charge in [-0.05, 0) is 42.0 Å². The fourth-order valence-corrected chi connectivity index (χ4v) is 4.02. The fraction of sp³-hybridized carbons (Fsp3) is 0.214. The number of aromatic nitrogens is 2. The van der Waals surface area contributed by atoms with Gasteiger partial charge in [0, 0.05) is 18.5 Å². The van der Waals surface area contributed by atoms with Gasteiger partial charge in [0.1, 0.15) is 24.2 Å². The SMILES string of the molecule is COC(=O)c1ccccc1-n1ccc(N2CC(Oc3ccc(COc4ccc(OC)nc4)cc3)C2)c1. The molecule has 0 unspecified atom stereocenters. The van der Waals surface area contributed by atoms with Crippen molar-refractivity contribution in [3.05, 3.63) is 96.4 Å². The smallest absolute Gasteiger partial charge is 0.339 e.